The molecule has 0 aliphatic heterocycles. The molecule has 0 unspecified atom stereocenters. The summed E-state index contributed by atoms with van der Waals surface area (Å²) in [7, 11) is 0. The van der Waals surface area contributed by atoms with Gasteiger partial charge in [-0.25, -0.2) is 4.98 Å². The highest BCUT2D eigenvalue weighted by atomic mass is 35.5. The molecular weight excluding hydrogens is 336 g/mol. The number of aromatic amines is 2. The average molecular weight is 359 g/mol. The van der Waals surface area contributed by atoms with Crippen LogP contribution in [0.25, 0.3) is 11.2 Å². The van der Waals surface area contributed by atoms with E-state index >= 15 is 0 Å². The summed E-state index contributed by atoms with van der Waals surface area (Å²) in [6, 6.07) is -0.581. The molecule has 1 atom stereocenters. The zero-order valence-electron chi connectivity index (χ0n) is 13.7. The van der Waals surface area contributed by atoms with Gasteiger partial charge in [-0.1, -0.05) is 13.8 Å². The largest absolute Gasteiger partial charge is 0.465 e. The number of nitrogens with zero attached hydrogens (tertiary/aromatic N) is 2. The van der Waals surface area contributed by atoms with E-state index in [0.29, 0.717) is 36.7 Å². The molecule has 0 saturated heterocycles. The molecule has 0 aliphatic carbocycles. The van der Waals surface area contributed by atoms with Crippen LogP contribution in [0.5, 0.6) is 0 Å². The van der Waals surface area contributed by atoms with Gasteiger partial charge in [0.15, 0.2) is 11.2 Å². The maximum Gasteiger partial charge on any atom is 0.323 e. The normalized spacial score (nSPS) is 12.0. The van der Waals surface area contributed by atoms with E-state index in [1.54, 1.807) is 0 Å². The molecule has 9 nitrogen and oxygen atoms in total. The lowest BCUT2D eigenvalue weighted by atomic mass is 10.1. The van der Waals surface area contributed by atoms with E-state index in [1.165, 1.54) is 6.33 Å². The molecule has 2 rings (SSSR count). The minimum absolute atomic E-state index is 0. The molecule has 5 N–H and O–H groups in total. The molecule has 10 heteroatoms. The zero-order chi connectivity index (χ0) is 16.8. The van der Waals surface area contributed by atoms with Crippen molar-refractivity contribution in [3.8, 4) is 0 Å². The zero-order valence-corrected chi connectivity index (χ0v) is 14.5. The predicted molar refractivity (Wildman–Crippen MR) is 93.3 cm³/mol. The SMILES string of the molecule is CC(C)[C@H](N)C(=O)OCCCCNc1nc2nc[nH]c2c(=O)[nH]1.Cl. The second kappa shape index (κ2) is 9.24. The molecule has 0 aromatic carbocycles. The molecule has 0 radical (unpaired) electrons. The van der Waals surface area contributed by atoms with Gasteiger partial charge in [-0.05, 0) is 18.8 Å². The van der Waals surface area contributed by atoms with Gasteiger partial charge >= 0.3 is 5.97 Å². The van der Waals surface area contributed by atoms with Crippen molar-refractivity contribution >= 4 is 35.5 Å². The van der Waals surface area contributed by atoms with Crippen molar-refractivity contribution < 1.29 is 9.53 Å². The van der Waals surface area contributed by atoms with Crippen molar-refractivity contribution in [1.82, 2.24) is 19.9 Å². The summed E-state index contributed by atoms with van der Waals surface area (Å²) in [5.41, 5.74) is 6.14. The number of imidazole rings is 1. The van der Waals surface area contributed by atoms with E-state index in [2.05, 4.69) is 25.3 Å². The van der Waals surface area contributed by atoms with E-state index in [4.69, 9.17) is 10.5 Å². The lowest BCUT2D eigenvalue weighted by molar-refractivity contribution is -0.146. The van der Waals surface area contributed by atoms with Crippen molar-refractivity contribution in [2.24, 2.45) is 11.7 Å². The summed E-state index contributed by atoms with van der Waals surface area (Å²) < 4.78 is 5.10. The maximum atomic E-state index is 11.7. The second-order valence-corrected chi connectivity index (χ2v) is 5.59. The summed E-state index contributed by atoms with van der Waals surface area (Å²) in [4.78, 5) is 36.7. The molecular formula is C14H23ClN6O3. The molecule has 0 aliphatic rings. The number of hydrogen-bond donors (Lipinski definition) is 4. The molecule has 0 saturated carbocycles. The van der Waals surface area contributed by atoms with E-state index in [0.717, 1.165) is 6.42 Å². The Morgan fingerprint density at radius 3 is 2.88 bits per heavy atom. The van der Waals surface area contributed by atoms with Crippen LogP contribution in [0.15, 0.2) is 11.1 Å². The number of halogens is 1. The van der Waals surface area contributed by atoms with Crippen molar-refractivity contribution in [1.29, 1.82) is 0 Å². The van der Waals surface area contributed by atoms with Crippen LogP contribution >= 0.6 is 12.4 Å². The summed E-state index contributed by atoms with van der Waals surface area (Å²) in [5.74, 6) is 0.0559. The molecule has 0 amide bonds. The number of nitrogens with two attached hydrogens (primary N) is 1. The highest BCUT2D eigenvalue weighted by Gasteiger charge is 2.18. The molecule has 2 aromatic rings. The smallest absolute Gasteiger partial charge is 0.323 e. The van der Waals surface area contributed by atoms with Gasteiger partial charge in [0.05, 0.1) is 12.9 Å². The Morgan fingerprint density at radius 2 is 2.17 bits per heavy atom. The highest BCUT2D eigenvalue weighted by molar-refractivity contribution is 5.85. The lowest BCUT2D eigenvalue weighted by Crippen LogP contribution is -2.37. The van der Waals surface area contributed by atoms with Crippen molar-refractivity contribution in [3.63, 3.8) is 0 Å². The van der Waals surface area contributed by atoms with Crippen LogP contribution in [-0.2, 0) is 9.53 Å². The quantitative estimate of drug-likeness (QED) is 0.404. The second-order valence-electron chi connectivity index (χ2n) is 5.59. The van der Waals surface area contributed by atoms with Crippen LogP contribution in [0.4, 0.5) is 5.95 Å². The fourth-order valence-electron chi connectivity index (χ4n) is 1.90. The first kappa shape index (κ1) is 19.9. The van der Waals surface area contributed by atoms with Crippen LogP contribution < -0.4 is 16.6 Å². The Labute approximate surface area is 145 Å². The van der Waals surface area contributed by atoms with Gasteiger partial charge in [-0.2, -0.15) is 4.98 Å². The third-order valence-electron chi connectivity index (χ3n) is 3.39. The fourth-order valence-corrected chi connectivity index (χ4v) is 1.90. The first-order valence-corrected chi connectivity index (χ1v) is 7.58. The minimum atomic E-state index is -0.581. The number of carbonyl (C=O) groups is 1. The van der Waals surface area contributed by atoms with Crippen LogP contribution in [-0.4, -0.2) is 45.1 Å². The standard InChI is InChI=1S/C14H22N6O3.ClH/c1-8(2)9(15)13(22)23-6-4-3-5-16-14-19-11-10(12(21)20-14)17-7-18-11;/h7-9H,3-6,15H2,1-2H3,(H3,16,17,18,19,20,21);1H/t9-;/m0./s1. The summed E-state index contributed by atoms with van der Waals surface area (Å²) in [5, 5.41) is 3.01. The Morgan fingerprint density at radius 1 is 1.42 bits per heavy atom. The maximum absolute atomic E-state index is 11.7. The number of anilines is 1. The van der Waals surface area contributed by atoms with E-state index in [1.807, 2.05) is 13.8 Å². The number of H-pyrrole nitrogens is 2. The molecule has 0 spiro atoms. The van der Waals surface area contributed by atoms with Gasteiger partial charge in [-0.3, -0.25) is 14.6 Å². The Hall–Kier alpha value is -2.13. The first-order chi connectivity index (χ1) is 11.0. The number of aromatic nitrogens is 4. The van der Waals surface area contributed by atoms with E-state index < -0.39 is 6.04 Å². The number of nitrogens with one attached hydrogen (secondary N) is 3. The molecule has 2 aromatic heterocycles. The number of fused-ring (bicyclic) bond motifs is 1. The molecule has 2 heterocycles. The van der Waals surface area contributed by atoms with E-state index in [9.17, 15) is 9.59 Å². The number of carbonyl (C=O) groups excluding carboxylic acids is 1. The van der Waals surface area contributed by atoms with Crippen LogP contribution in [0.3, 0.4) is 0 Å². The topological polar surface area (TPSA) is 139 Å². The van der Waals surface area contributed by atoms with Crippen molar-refractivity contribution in [2.75, 3.05) is 18.5 Å². The number of unbranched alkanes of at least 4 members (excludes halogenated alkanes) is 1. The van der Waals surface area contributed by atoms with Crippen LogP contribution in [0.1, 0.15) is 26.7 Å². The molecule has 0 bridgehead atoms. The van der Waals surface area contributed by atoms with Crippen LogP contribution in [0.2, 0.25) is 0 Å². The Bertz CT molecular complexity index is 714. The van der Waals surface area contributed by atoms with Gasteiger partial charge in [0.25, 0.3) is 5.56 Å². The van der Waals surface area contributed by atoms with Crippen LogP contribution in [0, 0.1) is 5.92 Å². The van der Waals surface area contributed by atoms with E-state index in [-0.39, 0.29) is 29.9 Å². The summed E-state index contributed by atoms with van der Waals surface area (Å²) in [6.45, 7) is 4.66. The highest BCUT2D eigenvalue weighted by Crippen LogP contribution is 2.04. The third kappa shape index (κ3) is 5.20. The molecule has 24 heavy (non-hydrogen) atoms. The fraction of sp³-hybridized carbons (Fsp3) is 0.571. The van der Waals surface area contributed by atoms with Gasteiger partial charge in [0.2, 0.25) is 5.95 Å². The van der Waals surface area contributed by atoms with Crippen molar-refractivity contribution in [3.05, 3.63) is 16.7 Å². The van der Waals surface area contributed by atoms with Gasteiger partial charge in [0, 0.05) is 6.54 Å². The number of rotatable bonds is 8. The average Bonchev–Trinajstić information content (AvgIpc) is 2.98. The summed E-state index contributed by atoms with van der Waals surface area (Å²) in [6.07, 6.45) is 2.87. The number of esters is 1. The third-order valence-corrected chi connectivity index (χ3v) is 3.39. The number of ether oxygens (including phenoxy) is 1. The monoisotopic (exact) mass is 358 g/mol. The molecule has 134 valence electrons. The Kier molecular flexibility index (Phi) is 7.66. The van der Waals surface area contributed by atoms with Gasteiger partial charge < -0.3 is 20.8 Å². The summed E-state index contributed by atoms with van der Waals surface area (Å²) >= 11 is 0. The first-order valence-electron chi connectivity index (χ1n) is 7.58. The molecule has 0 fully saturated rings. The minimum Gasteiger partial charge on any atom is -0.465 e. The predicted octanol–water partition coefficient (Wildman–Crippen LogP) is 0.787. The Balaban J connectivity index is 0.00000288. The lowest BCUT2D eigenvalue weighted by Gasteiger charge is -2.14. The van der Waals surface area contributed by atoms with Gasteiger partial charge in [0.1, 0.15) is 6.04 Å². The van der Waals surface area contributed by atoms with Gasteiger partial charge in [-0.15, -0.1) is 12.4 Å². The van der Waals surface area contributed by atoms with Crippen molar-refractivity contribution in [2.45, 2.75) is 32.7 Å². The number of hydrogen-bond acceptors (Lipinski definition) is 7.